The average Bonchev–Trinajstić information content (AvgIpc) is 2.89. The first-order valence-electron chi connectivity index (χ1n) is 10.6. The summed E-state index contributed by atoms with van der Waals surface area (Å²) in [5, 5.41) is 0.359. The van der Waals surface area contributed by atoms with Crippen LogP contribution in [-0.2, 0) is 0 Å². The number of ether oxygens (including phenoxy) is 1. The van der Waals surface area contributed by atoms with Crippen molar-refractivity contribution < 1.29 is 4.74 Å². The summed E-state index contributed by atoms with van der Waals surface area (Å²) in [6, 6.07) is 35.8. The van der Waals surface area contributed by atoms with E-state index in [4.69, 9.17) is 26.9 Å². The maximum atomic E-state index is 5.99. The summed E-state index contributed by atoms with van der Waals surface area (Å²) >= 11 is 5.52. The highest BCUT2D eigenvalue weighted by Crippen LogP contribution is 2.32. The number of anilines is 1. The van der Waals surface area contributed by atoms with Gasteiger partial charge in [-0.25, -0.2) is 9.97 Å². The molecular formula is C28H21N3OS. The zero-order valence-corrected chi connectivity index (χ0v) is 18.9. The molecule has 33 heavy (non-hydrogen) atoms. The molecule has 0 fully saturated rings. The molecule has 0 saturated heterocycles. The molecule has 5 aromatic rings. The van der Waals surface area contributed by atoms with Crippen molar-refractivity contribution in [2.75, 3.05) is 11.9 Å². The summed E-state index contributed by atoms with van der Waals surface area (Å²) in [7, 11) is 1.89. The van der Waals surface area contributed by atoms with Gasteiger partial charge in [-0.3, -0.25) is 0 Å². The van der Waals surface area contributed by atoms with E-state index in [1.807, 2.05) is 109 Å². The Labute approximate surface area is 198 Å². The Morgan fingerprint density at radius 2 is 1.18 bits per heavy atom. The van der Waals surface area contributed by atoms with Gasteiger partial charge in [0.05, 0.1) is 22.4 Å². The van der Waals surface area contributed by atoms with Crippen LogP contribution in [0.3, 0.4) is 0 Å². The first-order chi connectivity index (χ1) is 16.2. The van der Waals surface area contributed by atoms with E-state index in [0.29, 0.717) is 10.9 Å². The lowest BCUT2D eigenvalue weighted by Gasteiger charge is -2.20. The van der Waals surface area contributed by atoms with E-state index >= 15 is 0 Å². The Morgan fingerprint density at radius 1 is 0.667 bits per heavy atom. The monoisotopic (exact) mass is 447 g/mol. The maximum Gasteiger partial charge on any atom is 0.269 e. The van der Waals surface area contributed by atoms with Crippen LogP contribution in [0.2, 0.25) is 0 Å². The van der Waals surface area contributed by atoms with Gasteiger partial charge in [-0.15, -0.1) is 0 Å². The second kappa shape index (κ2) is 9.18. The Hall–Kier alpha value is -4.09. The number of benzene rings is 4. The predicted molar refractivity (Wildman–Crippen MR) is 138 cm³/mol. The second-order valence-corrected chi connectivity index (χ2v) is 7.92. The number of nitrogens with zero attached hydrogens (tertiary/aromatic N) is 3. The second-order valence-electron chi connectivity index (χ2n) is 7.57. The first-order valence-corrected chi connectivity index (χ1v) is 11.0. The van der Waals surface area contributed by atoms with Gasteiger partial charge in [-0.2, -0.15) is 0 Å². The van der Waals surface area contributed by atoms with Crippen molar-refractivity contribution in [2.45, 2.75) is 0 Å². The van der Waals surface area contributed by atoms with Crippen LogP contribution in [-0.4, -0.2) is 22.2 Å². The SMILES string of the molecule is CN(C(=S)Oc1ccc2nc(-c3ccccc3)c(-c3ccccc3)nc2c1)c1ccccc1. The molecule has 0 aliphatic carbocycles. The number of thiocarbonyl (C=S) groups is 1. The number of para-hydroxylation sites is 1. The Bertz CT molecular complexity index is 1410. The number of hydrogen-bond acceptors (Lipinski definition) is 4. The molecule has 0 radical (unpaired) electrons. The van der Waals surface area contributed by atoms with Crippen molar-refractivity contribution in [1.29, 1.82) is 0 Å². The van der Waals surface area contributed by atoms with Gasteiger partial charge in [0.15, 0.2) is 0 Å². The number of aromatic nitrogens is 2. The third-order valence-corrected chi connectivity index (χ3v) is 5.71. The predicted octanol–water partition coefficient (Wildman–Crippen LogP) is 6.76. The third kappa shape index (κ3) is 4.45. The lowest BCUT2D eigenvalue weighted by atomic mass is 10.0. The lowest BCUT2D eigenvalue weighted by Crippen LogP contribution is -2.29. The van der Waals surface area contributed by atoms with E-state index in [-0.39, 0.29) is 0 Å². The molecule has 160 valence electrons. The van der Waals surface area contributed by atoms with Gasteiger partial charge in [-0.05, 0) is 36.5 Å². The van der Waals surface area contributed by atoms with Crippen molar-refractivity contribution in [3.63, 3.8) is 0 Å². The zero-order chi connectivity index (χ0) is 22.6. The highest BCUT2D eigenvalue weighted by molar-refractivity contribution is 7.80. The van der Waals surface area contributed by atoms with Gasteiger partial charge in [-0.1, -0.05) is 78.9 Å². The topological polar surface area (TPSA) is 38.2 Å². The summed E-state index contributed by atoms with van der Waals surface area (Å²) in [6.45, 7) is 0. The van der Waals surface area contributed by atoms with Crippen LogP contribution in [0.4, 0.5) is 5.69 Å². The molecule has 5 rings (SSSR count). The molecule has 0 aliphatic rings. The Morgan fingerprint density at radius 3 is 1.76 bits per heavy atom. The van der Waals surface area contributed by atoms with Crippen molar-refractivity contribution in [3.8, 4) is 28.3 Å². The molecule has 0 saturated carbocycles. The highest BCUT2D eigenvalue weighted by Gasteiger charge is 2.15. The van der Waals surface area contributed by atoms with E-state index in [9.17, 15) is 0 Å². The lowest BCUT2D eigenvalue weighted by molar-refractivity contribution is 0.553. The van der Waals surface area contributed by atoms with Crippen LogP contribution in [0.5, 0.6) is 5.75 Å². The minimum Gasteiger partial charge on any atom is -0.431 e. The van der Waals surface area contributed by atoms with Crippen molar-refractivity contribution in [3.05, 3.63) is 109 Å². The van der Waals surface area contributed by atoms with Gasteiger partial charge < -0.3 is 9.64 Å². The van der Waals surface area contributed by atoms with Crippen LogP contribution >= 0.6 is 12.2 Å². The minimum absolute atomic E-state index is 0.359. The molecule has 0 amide bonds. The van der Waals surface area contributed by atoms with Crippen LogP contribution < -0.4 is 9.64 Å². The number of fused-ring (bicyclic) bond motifs is 1. The zero-order valence-electron chi connectivity index (χ0n) is 18.1. The van der Waals surface area contributed by atoms with Crippen molar-refractivity contribution in [1.82, 2.24) is 9.97 Å². The van der Waals surface area contributed by atoms with E-state index in [1.54, 1.807) is 0 Å². The molecule has 0 atom stereocenters. The quantitative estimate of drug-likeness (QED) is 0.285. The molecule has 4 aromatic carbocycles. The van der Waals surface area contributed by atoms with Crippen molar-refractivity contribution >= 4 is 34.1 Å². The van der Waals surface area contributed by atoms with Crippen LogP contribution in [0.1, 0.15) is 0 Å². The maximum absolute atomic E-state index is 5.99. The Balaban J connectivity index is 1.54. The molecule has 0 unspecified atom stereocenters. The molecule has 1 heterocycles. The van der Waals surface area contributed by atoms with E-state index < -0.39 is 0 Å². The first kappa shape index (κ1) is 20.8. The molecule has 0 bridgehead atoms. The van der Waals surface area contributed by atoms with Gasteiger partial charge >= 0.3 is 0 Å². The van der Waals surface area contributed by atoms with Crippen LogP contribution in [0, 0.1) is 0 Å². The molecule has 4 nitrogen and oxygen atoms in total. The Kier molecular flexibility index (Phi) is 5.79. The minimum atomic E-state index is 0.359. The fourth-order valence-electron chi connectivity index (χ4n) is 3.62. The highest BCUT2D eigenvalue weighted by atomic mass is 32.1. The molecular weight excluding hydrogens is 426 g/mol. The van der Waals surface area contributed by atoms with E-state index in [0.717, 1.165) is 39.2 Å². The normalized spacial score (nSPS) is 10.7. The van der Waals surface area contributed by atoms with Crippen LogP contribution in [0.15, 0.2) is 109 Å². The number of hydrogen-bond donors (Lipinski definition) is 0. The molecule has 0 aliphatic heterocycles. The fraction of sp³-hybridized carbons (Fsp3) is 0.0357. The van der Waals surface area contributed by atoms with Gasteiger partial charge in [0.25, 0.3) is 5.17 Å². The van der Waals surface area contributed by atoms with E-state index in [1.165, 1.54) is 0 Å². The summed E-state index contributed by atoms with van der Waals surface area (Å²) in [5.41, 5.74) is 6.22. The fourth-order valence-corrected chi connectivity index (χ4v) is 3.82. The molecule has 0 spiro atoms. The molecule has 1 aromatic heterocycles. The standard InChI is InChI=1S/C28H21N3OS/c1-31(22-15-9-4-10-16-22)28(33)32-23-17-18-24-25(19-23)30-27(21-13-7-3-8-14-21)26(29-24)20-11-5-2-6-12-20/h2-19H,1H3. The van der Waals surface area contributed by atoms with Gasteiger partial charge in [0, 0.05) is 29.9 Å². The summed E-state index contributed by atoms with van der Waals surface area (Å²) in [6.07, 6.45) is 0. The van der Waals surface area contributed by atoms with Gasteiger partial charge in [0.1, 0.15) is 5.75 Å². The summed E-state index contributed by atoms with van der Waals surface area (Å²) in [5.74, 6) is 0.621. The number of rotatable bonds is 4. The average molecular weight is 448 g/mol. The van der Waals surface area contributed by atoms with Gasteiger partial charge in [0.2, 0.25) is 0 Å². The molecule has 5 heteroatoms. The smallest absolute Gasteiger partial charge is 0.269 e. The van der Waals surface area contributed by atoms with E-state index in [2.05, 4.69) is 12.1 Å². The molecule has 0 N–H and O–H groups in total. The summed E-state index contributed by atoms with van der Waals surface area (Å²) < 4.78 is 5.99. The third-order valence-electron chi connectivity index (χ3n) is 5.35. The van der Waals surface area contributed by atoms with Crippen molar-refractivity contribution in [2.24, 2.45) is 0 Å². The largest absolute Gasteiger partial charge is 0.431 e. The summed E-state index contributed by atoms with van der Waals surface area (Å²) in [4.78, 5) is 11.8. The van der Waals surface area contributed by atoms with Crippen LogP contribution in [0.25, 0.3) is 33.5 Å².